The molecule has 0 saturated heterocycles. The molecule has 0 bridgehead atoms. The summed E-state index contributed by atoms with van der Waals surface area (Å²) in [5.74, 6) is 0.853. The molecular formula is C24H32N2O3. The van der Waals surface area contributed by atoms with Gasteiger partial charge in [-0.05, 0) is 62.1 Å². The lowest BCUT2D eigenvalue weighted by Crippen LogP contribution is -2.33. The van der Waals surface area contributed by atoms with Gasteiger partial charge in [0.2, 0.25) is 11.8 Å². The first-order valence-corrected chi connectivity index (χ1v) is 10.1. The fourth-order valence-electron chi connectivity index (χ4n) is 3.27. The van der Waals surface area contributed by atoms with Crippen LogP contribution in [0.1, 0.15) is 58.1 Å². The molecule has 0 atom stereocenters. The largest absolute Gasteiger partial charge is 0.491 e. The third-order valence-electron chi connectivity index (χ3n) is 4.61. The Labute approximate surface area is 174 Å². The maximum atomic E-state index is 12.5. The predicted octanol–water partition coefficient (Wildman–Crippen LogP) is 5.29. The third-order valence-corrected chi connectivity index (χ3v) is 4.61. The zero-order chi connectivity index (χ0) is 21.6. The number of rotatable bonds is 8. The van der Waals surface area contributed by atoms with Gasteiger partial charge in [0.05, 0.1) is 6.10 Å². The molecule has 0 radical (unpaired) electrons. The Morgan fingerprint density at radius 2 is 1.69 bits per heavy atom. The van der Waals surface area contributed by atoms with Crippen molar-refractivity contribution in [1.82, 2.24) is 0 Å². The van der Waals surface area contributed by atoms with Crippen molar-refractivity contribution in [2.75, 3.05) is 16.8 Å². The van der Waals surface area contributed by atoms with Crippen LogP contribution in [0.25, 0.3) is 0 Å². The Bertz CT molecular complexity index is 842. The SMILES string of the molecule is CC(=O)N(CCC(=O)Nc1ccc(OC(C)C)cc1)c1c(C)cccc1C(C)C. The lowest BCUT2D eigenvalue weighted by molar-refractivity contribution is -0.117. The lowest BCUT2D eigenvalue weighted by atomic mass is 9.97. The normalized spacial score (nSPS) is 10.9. The number of para-hydroxylation sites is 1. The Balaban J connectivity index is 2.06. The summed E-state index contributed by atoms with van der Waals surface area (Å²) in [5, 5.41) is 2.89. The Hall–Kier alpha value is -2.82. The number of amides is 2. The Kier molecular flexibility index (Phi) is 7.82. The highest BCUT2D eigenvalue weighted by Crippen LogP contribution is 2.31. The number of hydrogen-bond donors (Lipinski definition) is 1. The lowest BCUT2D eigenvalue weighted by Gasteiger charge is -2.27. The van der Waals surface area contributed by atoms with Gasteiger partial charge in [0.15, 0.2) is 0 Å². The molecule has 2 aromatic rings. The number of hydrogen-bond acceptors (Lipinski definition) is 3. The van der Waals surface area contributed by atoms with Crippen LogP contribution in [-0.2, 0) is 9.59 Å². The van der Waals surface area contributed by atoms with Gasteiger partial charge in [0.1, 0.15) is 5.75 Å². The minimum atomic E-state index is -0.131. The number of nitrogens with zero attached hydrogens (tertiary/aromatic N) is 1. The van der Waals surface area contributed by atoms with Crippen LogP contribution in [-0.4, -0.2) is 24.5 Å². The molecule has 0 aliphatic rings. The minimum Gasteiger partial charge on any atom is -0.491 e. The first-order valence-electron chi connectivity index (χ1n) is 10.1. The zero-order valence-corrected chi connectivity index (χ0v) is 18.3. The average molecular weight is 397 g/mol. The summed E-state index contributed by atoms with van der Waals surface area (Å²) in [4.78, 5) is 26.5. The van der Waals surface area contributed by atoms with Crippen LogP contribution >= 0.6 is 0 Å². The second-order valence-corrected chi connectivity index (χ2v) is 7.83. The molecule has 0 heterocycles. The molecule has 0 aliphatic heterocycles. The number of carbonyl (C=O) groups excluding carboxylic acids is 2. The topological polar surface area (TPSA) is 58.6 Å². The molecule has 1 N–H and O–H groups in total. The van der Waals surface area contributed by atoms with Gasteiger partial charge in [0.25, 0.3) is 0 Å². The fourth-order valence-corrected chi connectivity index (χ4v) is 3.27. The number of aryl methyl sites for hydroxylation is 1. The molecule has 0 aliphatic carbocycles. The van der Waals surface area contributed by atoms with E-state index in [1.807, 2.05) is 63.2 Å². The van der Waals surface area contributed by atoms with E-state index in [-0.39, 0.29) is 30.3 Å². The Morgan fingerprint density at radius 1 is 1.03 bits per heavy atom. The summed E-state index contributed by atoms with van der Waals surface area (Å²) >= 11 is 0. The van der Waals surface area contributed by atoms with Crippen LogP contribution < -0.4 is 15.0 Å². The monoisotopic (exact) mass is 396 g/mol. The summed E-state index contributed by atoms with van der Waals surface area (Å²) in [6.45, 7) is 12.0. The van der Waals surface area contributed by atoms with Gasteiger partial charge in [-0.3, -0.25) is 9.59 Å². The third kappa shape index (κ3) is 6.34. The molecule has 2 amide bonds. The second kappa shape index (κ2) is 10.1. The summed E-state index contributed by atoms with van der Waals surface area (Å²) in [6, 6.07) is 13.3. The van der Waals surface area contributed by atoms with Gasteiger partial charge in [-0.1, -0.05) is 32.0 Å². The molecule has 0 aromatic heterocycles. The van der Waals surface area contributed by atoms with Crippen molar-refractivity contribution in [3.63, 3.8) is 0 Å². The van der Waals surface area contributed by atoms with Crippen molar-refractivity contribution in [2.24, 2.45) is 0 Å². The summed E-state index contributed by atoms with van der Waals surface area (Å²) in [7, 11) is 0. The van der Waals surface area contributed by atoms with E-state index in [0.29, 0.717) is 12.2 Å². The highest BCUT2D eigenvalue weighted by atomic mass is 16.5. The van der Waals surface area contributed by atoms with E-state index in [1.54, 1.807) is 11.8 Å². The number of carbonyl (C=O) groups is 2. The molecule has 5 nitrogen and oxygen atoms in total. The van der Waals surface area contributed by atoms with Crippen LogP contribution in [0.5, 0.6) is 5.75 Å². The number of nitrogens with one attached hydrogen (secondary N) is 1. The van der Waals surface area contributed by atoms with Gasteiger partial charge >= 0.3 is 0 Å². The number of anilines is 2. The quantitative estimate of drug-likeness (QED) is 0.660. The highest BCUT2D eigenvalue weighted by molar-refractivity contribution is 5.96. The van der Waals surface area contributed by atoms with Gasteiger partial charge < -0.3 is 15.0 Å². The van der Waals surface area contributed by atoms with E-state index >= 15 is 0 Å². The summed E-state index contributed by atoms with van der Waals surface area (Å²) in [5.41, 5.74) is 3.77. The van der Waals surface area contributed by atoms with E-state index in [1.165, 1.54) is 0 Å². The van der Waals surface area contributed by atoms with E-state index in [0.717, 1.165) is 22.6 Å². The van der Waals surface area contributed by atoms with Crippen molar-refractivity contribution < 1.29 is 14.3 Å². The first-order chi connectivity index (χ1) is 13.7. The molecule has 0 spiro atoms. The van der Waals surface area contributed by atoms with Crippen molar-refractivity contribution in [3.05, 3.63) is 53.6 Å². The maximum Gasteiger partial charge on any atom is 0.226 e. The van der Waals surface area contributed by atoms with Gasteiger partial charge in [-0.15, -0.1) is 0 Å². The molecule has 5 heteroatoms. The predicted molar refractivity (Wildman–Crippen MR) is 119 cm³/mol. The van der Waals surface area contributed by atoms with Crippen LogP contribution in [0.2, 0.25) is 0 Å². The average Bonchev–Trinajstić information content (AvgIpc) is 2.63. The number of ether oxygens (including phenoxy) is 1. The molecule has 0 unspecified atom stereocenters. The van der Waals surface area contributed by atoms with Crippen LogP contribution in [0.3, 0.4) is 0 Å². The van der Waals surface area contributed by atoms with E-state index in [4.69, 9.17) is 4.74 Å². The van der Waals surface area contributed by atoms with Crippen LogP contribution in [0.4, 0.5) is 11.4 Å². The Morgan fingerprint density at radius 3 is 2.24 bits per heavy atom. The minimum absolute atomic E-state index is 0.0656. The second-order valence-electron chi connectivity index (χ2n) is 7.83. The van der Waals surface area contributed by atoms with Gasteiger partial charge in [-0.2, -0.15) is 0 Å². The maximum absolute atomic E-state index is 12.5. The zero-order valence-electron chi connectivity index (χ0n) is 18.3. The van der Waals surface area contributed by atoms with E-state index < -0.39 is 0 Å². The molecule has 2 rings (SSSR count). The molecular weight excluding hydrogens is 364 g/mol. The first kappa shape index (κ1) is 22.5. The van der Waals surface area contributed by atoms with E-state index in [2.05, 4.69) is 19.2 Å². The molecule has 156 valence electrons. The summed E-state index contributed by atoms with van der Waals surface area (Å²) in [6.07, 6.45) is 0.320. The van der Waals surface area contributed by atoms with Crippen LogP contribution in [0, 0.1) is 6.92 Å². The van der Waals surface area contributed by atoms with E-state index in [9.17, 15) is 9.59 Å². The number of benzene rings is 2. The molecule has 2 aromatic carbocycles. The molecule has 0 saturated carbocycles. The fraction of sp³-hybridized carbons (Fsp3) is 0.417. The van der Waals surface area contributed by atoms with Crippen molar-refractivity contribution in [2.45, 2.75) is 60.0 Å². The van der Waals surface area contributed by atoms with Crippen molar-refractivity contribution in [1.29, 1.82) is 0 Å². The molecule has 0 fully saturated rings. The highest BCUT2D eigenvalue weighted by Gasteiger charge is 2.20. The smallest absolute Gasteiger partial charge is 0.226 e. The van der Waals surface area contributed by atoms with Crippen molar-refractivity contribution in [3.8, 4) is 5.75 Å². The van der Waals surface area contributed by atoms with Gasteiger partial charge in [-0.25, -0.2) is 0 Å². The van der Waals surface area contributed by atoms with Crippen molar-refractivity contribution >= 4 is 23.2 Å². The standard InChI is InChI=1S/C24H32N2O3/c1-16(2)22-9-7-8-18(5)24(22)26(19(6)27)15-14-23(28)25-20-10-12-21(13-11-20)29-17(3)4/h7-13,16-17H,14-15H2,1-6H3,(H,25,28). The van der Waals surface area contributed by atoms with Gasteiger partial charge in [0, 0.05) is 31.3 Å². The van der Waals surface area contributed by atoms with Crippen LogP contribution in [0.15, 0.2) is 42.5 Å². The summed E-state index contributed by atoms with van der Waals surface area (Å²) < 4.78 is 5.61. The molecule has 29 heavy (non-hydrogen) atoms.